The molecule has 0 aliphatic rings. The molecule has 3 aromatic rings. The van der Waals surface area contributed by atoms with Gasteiger partial charge in [-0.2, -0.15) is 5.10 Å². The van der Waals surface area contributed by atoms with E-state index in [9.17, 15) is 9.59 Å². The summed E-state index contributed by atoms with van der Waals surface area (Å²) in [5, 5.41) is 11.2. The highest BCUT2D eigenvalue weighted by molar-refractivity contribution is 9.10. The van der Waals surface area contributed by atoms with Gasteiger partial charge in [0.1, 0.15) is 23.0 Å². The standard InChI is InChI=1S/C19H22BrN7O2/c1-25(2)17-10-16(20)23-27(17)9-8-15(12-28)22-19(29)18-21-13-26(24-18)11-14-6-4-3-5-7-14/h3-7,10,12-13,15H,8-9,11H2,1-2H3,(H,22,29). The van der Waals surface area contributed by atoms with Crippen molar-refractivity contribution in [3.63, 3.8) is 0 Å². The second-order valence-electron chi connectivity index (χ2n) is 6.70. The van der Waals surface area contributed by atoms with Crippen LogP contribution in [0.25, 0.3) is 0 Å². The van der Waals surface area contributed by atoms with Crippen molar-refractivity contribution in [3.8, 4) is 0 Å². The SMILES string of the molecule is CN(C)c1cc(Br)nn1CCC(C=O)NC(=O)c1ncn(Cc2ccccc2)n1. The quantitative estimate of drug-likeness (QED) is 0.489. The molecular formula is C19H22BrN7O2. The van der Waals surface area contributed by atoms with E-state index in [0.29, 0.717) is 30.4 Å². The molecule has 0 saturated carbocycles. The highest BCUT2D eigenvalue weighted by atomic mass is 79.9. The maximum atomic E-state index is 12.4. The fourth-order valence-electron chi connectivity index (χ4n) is 2.81. The summed E-state index contributed by atoms with van der Waals surface area (Å²) in [5.74, 6) is 0.446. The number of aldehydes is 1. The van der Waals surface area contributed by atoms with Gasteiger partial charge in [0.05, 0.1) is 12.6 Å². The van der Waals surface area contributed by atoms with Gasteiger partial charge in [0.2, 0.25) is 5.82 Å². The first-order valence-electron chi connectivity index (χ1n) is 9.06. The maximum absolute atomic E-state index is 12.4. The Labute approximate surface area is 176 Å². The lowest BCUT2D eigenvalue weighted by molar-refractivity contribution is -0.109. The van der Waals surface area contributed by atoms with Gasteiger partial charge >= 0.3 is 0 Å². The molecule has 0 fully saturated rings. The van der Waals surface area contributed by atoms with Crippen molar-refractivity contribution >= 4 is 33.9 Å². The highest BCUT2D eigenvalue weighted by Crippen LogP contribution is 2.18. The largest absolute Gasteiger partial charge is 0.363 e. The number of nitrogens with one attached hydrogen (secondary N) is 1. The number of hydrogen-bond acceptors (Lipinski definition) is 6. The number of anilines is 1. The molecule has 0 radical (unpaired) electrons. The summed E-state index contributed by atoms with van der Waals surface area (Å²) in [5.41, 5.74) is 1.05. The molecule has 1 unspecified atom stereocenters. The van der Waals surface area contributed by atoms with Crippen molar-refractivity contribution in [2.45, 2.75) is 25.6 Å². The molecule has 10 heteroatoms. The molecule has 2 heterocycles. The van der Waals surface area contributed by atoms with E-state index in [1.54, 1.807) is 9.36 Å². The Morgan fingerprint density at radius 3 is 2.72 bits per heavy atom. The number of nitrogens with zero attached hydrogens (tertiary/aromatic N) is 6. The number of hydrogen-bond donors (Lipinski definition) is 1. The van der Waals surface area contributed by atoms with Crippen LogP contribution in [0.4, 0.5) is 5.82 Å². The molecule has 0 spiro atoms. The molecule has 2 aromatic heterocycles. The van der Waals surface area contributed by atoms with Crippen molar-refractivity contribution in [1.29, 1.82) is 0 Å². The zero-order valence-electron chi connectivity index (χ0n) is 16.2. The van der Waals surface area contributed by atoms with Crippen molar-refractivity contribution in [2.24, 2.45) is 0 Å². The van der Waals surface area contributed by atoms with Crippen molar-refractivity contribution in [1.82, 2.24) is 29.9 Å². The minimum absolute atomic E-state index is 0.0311. The van der Waals surface area contributed by atoms with E-state index in [0.717, 1.165) is 11.4 Å². The first-order chi connectivity index (χ1) is 14.0. The minimum atomic E-state index is -0.665. The fraction of sp³-hybridized carbons (Fsp3) is 0.316. The summed E-state index contributed by atoms with van der Waals surface area (Å²) in [7, 11) is 3.83. The first-order valence-corrected chi connectivity index (χ1v) is 9.85. The average molecular weight is 460 g/mol. The first kappa shape index (κ1) is 20.7. The lowest BCUT2D eigenvalue weighted by atomic mass is 10.2. The topological polar surface area (TPSA) is 97.9 Å². The number of benzene rings is 1. The van der Waals surface area contributed by atoms with Gasteiger partial charge in [-0.25, -0.2) is 14.3 Å². The van der Waals surface area contributed by atoms with Gasteiger partial charge in [-0.15, -0.1) is 5.10 Å². The third-order valence-electron chi connectivity index (χ3n) is 4.25. The van der Waals surface area contributed by atoms with Crippen molar-refractivity contribution in [2.75, 3.05) is 19.0 Å². The van der Waals surface area contributed by atoms with E-state index in [1.807, 2.05) is 55.4 Å². The van der Waals surface area contributed by atoms with E-state index >= 15 is 0 Å². The maximum Gasteiger partial charge on any atom is 0.291 e. The predicted octanol–water partition coefficient (Wildman–Crippen LogP) is 1.74. The predicted molar refractivity (Wildman–Crippen MR) is 112 cm³/mol. The fourth-order valence-corrected chi connectivity index (χ4v) is 3.21. The van der Waals surface area contributed by atoms with E-state index in [2.05, 4.69) is 36.4 Å². The number of carbonyl (C=O) groups is 2. The second-order valence-corrected chi connectivity index (χ2v) is 7.51. The molecule has 0 aliphatic heterocycles. The molecule has 3 rings (SSSR count). The molecule has 9 nitrogen and oxygen atoms in total. The summed E-state index contributed by atoms with van der Waals surface area (Å²) < 4.78 is 4.07. The Balaban J connectivity index is 1.58. The zero-order chi connectivity index (χ0) is 20.8. The third kappa shape index (κ3) is 5.50. The lowest BCUT2D eigenvalue weighted by Gasteiger charge is -2.16. The van der Waals surface area contributed by atoms with Crippen LogP contribution in [-0.4, -0.2) is 56.9 Å². The molecule has 0 saturated heterocycles. The van der Waals surface area contributed by atoms with Gasteiger partial charge in [-0.3, -0.25) is 4.79 Å². The summed E-state index contributed by atoms with van der Waals surface area (Å²) in [6, 6.07) is 11.0. The van der Waals surface area contributed by atoms with Crippen LogP contribution in [0.2, 0.25) is 0 Å². The zero-order valence-corrected chi connectivity index (χ0v) is 17.8. The van der Waals surface area contributed by atoms with E-state index in [1.165, 1.54) is 6.33 Å². The number of aromatic nitrogens is 5. The molecular weight excluding hydrogens is 438 g/mol. The third-order valence-corrected chi connectivity index (χ3v) is 4.63. The molecule has 0 aliphatic carbocycles. The molecule has 0 bridgehead atoms. The Kier molecular flexibility index (Phi) is 6.76. The van der Waals surface area contributed by atoms with Crippen LogP contribution in [0.15, 0.2) is 47.3 Å². The van der Waals surface area contributed by atoms with Gasteiger partial charge in [-0.05, 0) is 27.9 Å². The number of rotatable bonds is 9. The highest BCUT2D eigenvalue weighted by Gasteiger charge is 2.18. The molecule has 1 atom stereocenters. The molecule has 152 valence electrons. The molecule has 1 N–H and O–H groups in total. The normalized spacial score (nSPS) is 11.8. The van der Waals surface area contributed by atoms with Crippen LogP contribution in [0, 0.1) is 0 Å². The summed E-state index contributed by atoms with van der Waals surface area (Å²) in [6.07, 6.45) is 2.62. The van der Waals surface area contributed by atoms with Crippen LogP contribution >= 0.6 is 15.9 Å². The minimum Gasteiger partial charge on any atom is -0.363 e. The van der Waals surface area contributed by atoms with E-state index in [-0.39, 0.29) is 5.82 Å². The number of halogens is 1. The summed E-state index contributed by atoms with van der Waals surface area (Å²) in [4.78, 5) is 29.9. The monoisotopic (exact) mass is 459 g/mol. The molecule has 1 aromatic carbocycles. The number of aryl methyl sites for hydroxylation is 1. The second kappa shape index (κ2) is 9.46. The van der Waals surface area contributed by atoms with E-state index in [4.69, 9.17) is 0 Å². The average Bonchev–Trinajstić information content (AvgIpc) is 3.32. The lowest BCUT2D eigenvalue weighted by Crippen LogP contribution is -2.37. The van der Waals surface area contributed by atoms with Crippen molar-refractivity contribution in [3.05, 3.63) is 58.7 Å². The summed E-state index contributed by atoms with van der Waals surface area (Å²) in [6.45, 7) is 0.985. The molecule has 29 heavy (non-hydrogen) atoms. The Morgan fingerprint density at radius 2 is 2.03 bits per heavy atom. The van der Waals surface area contributed by atoms with Crippen LogP contribution in [0.1, 0.15) is 22.6 Å². The smallest absolute Gasteiger partial charge is 0.291 e. The van der Waals surface area contributed by atoms with Gasteiger partial charge in [0, 0.05) is 26.7 Å². The van der Waals surface area contributed by atoms with Gasteiger partial charge < -0.3 is 15.0 Å². The summed E-state index contributed by atoms with van der Waals surface area (Å²) >= 11 is 3.36. The van der Waals surface area contributed by atoms with Crippen LogP contribution < -0.4 is 10.2 Å². The van der Waals surface area contributed by atoms with Crippen LogP contribution in [-0.2, 0) is 17.9 Å². The number of carbonyl (C=O) groups excluding carboxylic acids is 2. The van der Waals surface area contributed by atoms with Crippen LogP contribution in [0.3, 0.4) is 0 Å². The van der Waals surface area contributed by atoms with Gasteiger partial charge in [0.25, 0.3) is 5.91 Å². The van der Waals surface area contributed by atoms with E-state index < -0.39 is 11.9 Å². The Bertz CT molecular complexity index is 968. The Morgan fingerprint density at radius 1 is 1.28 bits per heavy atom. The van der Waals surface area contributed by atoms with Crippen molar-refractivity contribution < 1.29 is 9.59 Å². The molecule has 1 amide bonds. The van der Waals surface area contributed by atoms with Crippen LogP contribution in [0.5, 0.6) is 0 Å². The number of amides is 1. The Hall–Kier alpha value is -3.01. The van der Waals surface area contributed by atoms with Gasteiger partial charge in [-0.1, -0.05) is 30.3 Å². The van der Waals surface area contributed by atoms with Gasteiger partial charge in [0.15, 0.2) is 0 Å².